The van der Waals surface area contributed by atoms with Crippen molar-refractivity contribution in [1.82, 2.24) is 4.98 Å². The van der Waals surface area contributed by atoms with E-state index < -0.39 is 17.7 Å². The number of nitrogens with zero attached hydrogens (tertiary/aromatic N) is 2. The number of aromatic nitrogens is 1. The van der Waals surface area contributed by atoms with Crippen molar-refractivity contribution in [3.8, 4) is 23.0 Å². The maximum Gasteiger partial charge on any atom is 0.301 e. The standard InChI is InChI=1S/C33H32N2O7S/c1-5-6-13-41-25-12-7-19(16-26(25)40-4)29-28(30(36)20-8-11-24-21(15-20)14-18(2)42-24)31(37)32(38)35(29)33-34-23-10-9-22(39-3)17-27(23)43-33/h7-12,15-18,29,36H,5-6,13-14H2,1-4H3/b30-28+/t18-,29+/m1/s1. The molecule has 2 aliphatic heterocycles. The number of aliphatic hydroxyl groups excluding tert-OH is 1. The number of ketones is 1. The van der Waals surface area contributed by atoms with Gasteiger partial charge in [0.1, 0.15) is 23.4 Å². The average Bonchev–Trinajstić information content (AvgIpc) is 3.68. The second-order valence-electron chi connectivity index (χ2n) is 10.6. The van der Waals surface area contributed by atoms with Gasteiger partial charge in [-0.1, -0.05) is 30.7 Å². The van der Waals surface area contributed by atoms with Crippen molar-refractivity contribution in [2.75, 3.05) is 25.7 Å². The highest BCUT2D eigenvalue weighted by molar-refractivity contribution is 7.22. The van der Waals surface area contributed by atoms with E-state index in [4.69, 9.17) is 23.9 Å². The Hall–Kier alpha value is -4.57. The van der Waals surface area contributed by atoms with E-state index in [0.29, 0.717) is 52.1 Å². The lowest BCUT2D eigenvalue weighted by Gasteiger charge is -2.24. The van der Waals surface area contributed by atoms with Gasteiger partial charge in [-0.25, -0.2) is 4.98 Å². The van der Waals surface area contributed by atoms with Crippen molar-refractivity contribution in [3.63, 3.8) is 0 Å². The third-order valence-corrected chi connectivity index (χ3v) is 8.68. The molecule has 0 bridgehead atoms. The van der Waals surface area contributed by atoms with Crippen LogP contribution in [-0.2, 0) is 16.0 Å². The van der Waals surface area contributed by atoms with Crippen LogP contribution in [0.5, 0.6) is 23.0 Å². The predicted molar refractivity (Wildman–Crippen MR) is 165 cm³/mol. The Kier molecular flexibility index (Phi) is 7.70. The SMILES string of the molecule is CCCCOc1ccc([C@H]2/C(=C(\O)c3ccc4c(c3)C[C@@H](C)O4)C(=O)C(=O)N2c2nc3ccc(OC)cc3s2)cc1OC. The quantitative estimate of drug-likeness (QED) is 0.101. The molecular formula is C33H32N2O7S. The fraction of sp³-hybridized carbons (Fsp3) is 0.303. The first-order valence-corrected chi connectivity index (χ1v) is 15.0. The number of aliphatic hydroxyl groups is 1. The molecule has 0 radical (unpaired) electrons. The first kappa shape index (κ1) is 28.5. The number of methoxy groups -OCH3 is 2. The molecule has 1 aromatic heterocycles. The highest BCUT2D eigenvalue weighted by Crippen LogP contribution is 2.46. The number of ether oxygens (including phenoxy) is 4. The van der Waals surface area contributed by atoms with E-state index in [1.165, 1.54) is 23.3 Å². The predicted octanol–water partition coefficient (Wildman–Crippen LogP) is 6.44. The van der Waals surface area contributed by atoms with E-state index in [9.17, 15) is 14.7 Å². The largest absolute Gasteiger partial charge is 0.507 e. The number of Topliss-reactive ketones (excluding diaryl/α,β-unsaturated/α-hetero) is 1. The summed E-state index contributed by atoms with van der Waals surface area (Å²) >= 11 is 1.27. The van der Waals surface area contributed by atoms with Crippen LogP contribution in [0.3, 0.4) is 0 Å². The summed E-state index contributed by atoms with van der Waals surface area (Å²) in [5.41, 5.74) is 2.55. The van der Waals surface area contributed by atoms with Crippen LogP contribution in [0.2, 0.25) is 0 Å². The van der Waals surface area contributed by atoms with Gasteiger partial charge >= 0.3 is 5.91 Å². The number of anilines is 1. The molecule has 1 saturated heterocycles. The lowest BCUT2D eigenvalue weighted by molar-refractivity contribution is -0.132. The van der Waals surface area contributed by atoms with Crippen molar-refractivity contribution in [3.05, 3.63) is 76.9 Å². The molecule has 222 valence electrons. The molecule has 4 aromatic rings. The number of carbonyl (C=O) groups excluding carboxylic acids is 2. The number of rotatable bonds is 9. The minimum atomic E-state index is -0.968. The lowest BCUT2D eigenvalue weighted by atomic mass is 9.94. The number of carbonyl (C=O) groups is 2. The van der Waals surface area contributed by atoms with Gasteiger partial charge in [0.05, 0.1) is 42.7 Å². The Bertz CT molecular complexity index is 1760. The summed E-state index contributed by atoms with van der Waals surface area (Å²) in [6.07, 6.45) is 2.57. The van der Waals surface area contributed by atoms with Crippen molar-refractivity contribution in [2.45, 2.75) is 45.3 Å². The molecule has 0 saturated carbocycles. The van der Waals surface area contributed by atoms with E-state index in [2.05, 4.69) is 6.92 Å². The maximum absolute atomic E-state index is 13.8. The third kappa shape index (κ3) is 5.16. The molecule has 43 heavy (non-hydrogen) atoms. The Morgan fingerprint density at radius 1 is 1.07 bits per heavy atom. The van der Waals surface area contributed by atoms with Crippen LogP contribution in [0.15, 0.2) is 60.2 Å². The van der Waals surface area contributed by atoms with Crippen LogP contribution in [0, 0.1) is 0 Å². The topological polar surface area (TPSA) is 107 Å². The van der Waals surface area contributed by atoms with E-state index in [0.717, 1.165) is 28.9 Å². The minimum Gasteiger partial charge on any atom is -0.507 e. The smallest absolute Gasteiger partial charge is 0.301 e. The van der Waals surface area contributed by atoms with E-state index in [-0.39, 0.29) is 17.4 Å². The first-order chi connectivity index (χ1) is 20.8. The highest BCUT2D eigenvalue weighted by atomic mass is 32.1. The summed E-state index contributed by atoms with van der Waals surface area (Å²) in [6, 6.07) is 15.1. The average molecular weight is 601 g/mol. The zero-order valence-electron chi connectivity index (χ0n) is 24.4. The molecule has 1 amide bonds. The molecule has 1 fully saturated rings. The Balaban J connectivity index is 1.50. The fourth-order valence-electron chi connectivity index (χ4n) is 5.49. The number of hydrogen-bond acceptors (Lipinski definition) is 9. The van der Waals surface area contributed by atoms with E-state index >= 15 is 0 Å². The molecule has 6 rings (SSSR count). The zero-order chi connectivity index (χ0) is 30.2. The molecule has 1 N–H and O–H groups in total. The third-order valence-electron chi connectivity index (χ3n) is 7.66. The lowest BCUT2D eigenvalue weighted by Crippen LogP contribution is -2.29. The molecule has 2 aliphatic rings. The van der Waals surface area contributed by atoms with Gasteiger partial charge in [-0.3, -0.25) is 14.5 Å². The summed E-state index contributed by atoms with van der Waals surface area (Å²) in [7, 11) is 3.12. The summed E-state index contributed by atoms with van der Waals surface area (Å²) in [6.45, 7) is 4.58. The number of benzene rings is 3. The van der Waals surface area contributed by atoms with Gasteiger partial charge in [-0.05, 0) is 73.0 Å². The van der Waals surface area contributed by atoms with E-state index in [1.54, 1.807) is 49.6 Å². The number of amides is 1. The van der Waals surface area contributed by atoms with Gasteiger partial charge in [0.2, 0.25) is 0 Å². The Labute approximate surface area is 253 Å². The van der Waals surface area contributed by atoms with Gasteiger partial charge in [0.25, 0.3) is 5.78 Å². The van der Waals surface area contributed by atoms with Crippen LogP contribution in [0.25, 0.3) is 16.0 Å². The summed E-state index contributed by atoms with van der Waals surface area (Å²) in [5.74, 6) is 0.560. The maximum atomic E-state index is 13.8. The zero-order valence-corrected chi connectivity index (χ0v) is 25.2. The minimum absolute atomic E-state index is 0.0150. The van der Waals surface area contributed by atoms with Gasteiger partial charge < -0.3 is 24.1 Å². The number of fused-ring (bicyclic) bond motifs is 2. The summed E-state index contributed by atoms with van der Waals surface area (Å²) < 4.78 is 23.6. The van der Waals surface area contributed by atoms with Gasteiger partial charge in [0, 0.05) is 12.0 Å². The molecule has 2 atom stereocenters. The molecule has 0 aliphatic carbocycles. The van der Waals surface area contributed by atoms with Crippen molar-refractivity contribution < 1.29 is 33.6 Å². The second kappa shape index (κ2) is 11.6. The normalized spacial score (nSPS) is 19.0. The first-order valence-electron chi connectivity index (χ1n) is 14.2. The van der Waals surface area contributed by atoms with Gasteiger partial charge in [-0.15, -0.1) is 0 Å². The van der Waals surface area contributed by atoms with Crippen LogP contribution in [0.1, 0.15) is 49.4 Å². The molecule has 3 aromatic carbocycles. The Morgan fingerprint density at radius 3 is 2.67 bits per heavy atom. The molecule has 0 spiro atoms. The monoisotopic (exact) mass is 600 g/mol. The van der Waals surface area contributed by atoms with Crippen molar-refractivity contribution in [1.29, 1.82) is 0 Å². The molecule has 3 heterocycles. The van der Waals surface area contributed by atoms with E-state index in [1.807, 2.05) is 19.1 Å². The summed E-state index contributed by atoms with van der Waals surface area (Å²) in [5, 5.41) is 12.0. The number of unbranched alkanes of at least 4 members (excludes halogenated alkanes) is 1. The molecular weight excluding hydrogens is 568 g/mol. The van der Waals surface area contributed by atoms with Crippen LogP contribution < -0.4 is 23.8 Å². The van der Waals surface area contributed by atoms with Crippen molar-refractivity contribution >= 4 is 44.1 Å². The van der Waals surface area contributed by atoms with Crippen molar-refractivity contribution in [2.24, 2.45) is 0 Å². The summed E-state index contributed by atoms with van der Waals surface area (Å²) in [4.78, 5) is 33.6. The molecule has 0 unspecified atom stereocenters. The number of hydrogen-bond donors (Lipinski definition) is 1. The van der Waals surface area contributed by atoms with Gasteiger partial charge in [0.15, 0.2) is 16.6 Å². The van der Waals surface area contributed by atoms with Crippen LogP contribution >= 0.6 is 11.3 Å². The second-order valence-corrected chi connectivity index (χ2v) is 11.6. The highest BCUT2D eigenvalue weighted by Gasteiger charge is 2.48. The fourth-order valence-corrected chi connectivity index (χ4v) is 6.51. The number of thiazole rings is 1. The molecule has 9 nitrogen and oxygen atoms in total. The van der Waals surface area contributed by atoms with Crippen LogP contribution in [-0.4, -0.2) is 48.7 Å². The van der Waals surface area contributed by atoms with Crippen LogP contribution in [0.4, 0.5) is 5.13 Å². The Morgan fingerprint density at radius 2 is 1.91 bits per heavy atom. The van der Waals surface area contributed by atoms with Gasteiger partial charge in [-0.2, -0.15) is 0 Å². The molecule has 10 heteroatoms.